The minimum Gasteiger partial charge on any atom is -0.444 e. The van der Waals surface area contributed by atoms with Gasteiger partial charge in [0.15, 0.2) is 11.5 Å². The highest BCUT2D eigenvalue weighted by Gasteiger charge is 2.43. The number of aromatic nitrogens is 4. The highest BCUT2D eigenvalue weighted by atomic mass is 35.5. The summed E-state index contributed by atoms with van der Waals surface area (Å²) in [4.78, 5) is 7.33. The number of para-hydroxylation sites is 1. The number of hydrogen-bond donors (Lipinski definition) is 0. The van der Waals surface area contributed by atoms with Crippen LogP contribution in [0.25, 0.3) is 21.6 Å². The van der Waals surface area contributed by atoms with Crippen LogP contribution in [0.3, 0.4) is 0 Å². The highest BCUT2D eigenvalue weighted by molar-refractivity contribution is 7.14. The predicted molar refractivity (Wildman–Crippen MR) is 172 cm³/mol. The normalized spacial score (nSPS) is 21.6. The molecule has 0 radical (unpaired) electrons. The Bertz CT molecular complexity index is 2010. The molecule has 0 amide bonds. The summed E-state index contributed by atoms with van der Waals surface area (Å²) in [6, 6.07) is 15.8. The lowest BCUT2D eigenvalue weighted by Crippen LogP contribution is -2.35. The predicted octanol–water partition coefficient (Wildman–Crippen LogP) is 8.18. The number of halogens is 5. The summed E-state index contributed by atoms with van der Waals surface area (Å²) in [5.74, 6) is 0.519. The van der Waals surface area contributed by atoms with Crippen molar-refractivity contribution in [1.82, 2.24) is 24.6 Å². The van der Waals surface area contributed by atoms with Gasteiger partial charge in [0.25, 0.3) is 5.79 Å². The average molecular weight is 700 g/mol. The summed E-state index contributed by atoms with van der Waals surface area (Å²) in [5, 5.41) is 6.65. The fourth-order valence-electron chi connectivity index (χ4n) is 6.76. The van der Waals surface area contributed by atoms with Gasteiger partial charge in [0.2, 0.25) is 5.01 Å². The Morgan fingerprint density at radius 3 is 2.54 bits per heavy atom. The van der Waals surface area contributed by atoms with E-state index in [1.165, 1.54) is 6.07 Å². The molecule has 0 aliphatic carbocycles. The average Bonchev–Trinajstić information content (AvgIpc) is 3.74. The van der Waals surface area contributed by atoms with Crippen molar-refractivity contribution in [2.75, 3.05) is 19.7 Å². The molecule has 250 valence electrons. The number of ether oxygens (including phenoxy) is 3. The number of rotatable bonds is 7. The molecule has 8 nitrogen and oxygen atoms in total. The van der Waals surface area contributed by atoms with Crippen LogP contribution < -0.4 is 9.47 Å². The van der Waals surface area contributed by atoms with Crippen molar-refractivity contribution in [3.05, 3.63) is 87.4 Å². The maximum Gasteiger partial charge on any atom is 0.445 e. The topological polar surface area (TPSA) is 74.5 Å². The molecule has 0 spiro atoms. The molecule has 5 aromatic rings. The van der Waals surface area contributed by atoms with Crippen molar-refractivity contribution < 1.29 is 31.8 Å². The number of hydrogen-bond acceptors (Lipinski definition) is 8. The van der Waals surface area contributed by atoms with E-state index in [2.05, 4.69) is 25.7 Å². The molecule has 3 aliphatic rings. The van der Waals surface area contributed by atoms with Crippen molar-refractivity contribution in [2.24, 2.45) is 0 Å². The van der Waals surface area contributed by atoms with Gasteiger partial charge in [-0.1, -0.05) is 35.1 Å². The van der Waals surface area contributed by atoms with Crippen LogP contribution in [-0.4, -0.2) is 50.4 Å². The SMILES string of the molecule is CC1(c2ccc(Cl)cc2F)Oc2cccc(C3CCN(Cc4nc5cc(-c6nnc(C(F)(F)F)s6)ccc5n4CC4CCO4)CC3)c2O1. The Morgan fingerprint density at radius 2 is 1.83 bits per heavy atom. The van der Waals surface area contributed by atoms with E-state index in [0.29, 0.717) is 52.0 Å². The Balaban J connectivity index is 0.998. The summed E-state index contributed by atoms with van der Waals surface area (Å²) in [6.45, 7) is 5.34. The van der Waals surface area contributed by atoms with E-state index in [1.54, 1.807) is 31.2 Å². The third-order valence-electron chi connectivity index (χ3n) is 9.35. The molecule has 48 heavy (non-hydrogen) atoms. The zero-order valence-corrected chi connectivity index (χ0v) is 27.3. The summed E-state index contributed by atoms with van der Waals surface area (Å²) in [7, 11) is 0. The van der Waals surface area contributed by atoms with Crippen LogP contribution in [0.4, 0.5) is 17.6 Å². The number of likely N-dealkylation sites (tertiary alicyclic amines) is 1. The van der Waals surface area contributed by atoms with Crippen molar-refractivity contribution in [2.45, 2.75) is 63.3 Å². The summed E-state index contributed by atoms with van der Waals surface area (Å²) in [5.41, 5.74) is 3.46. The minimum atomic E-state index is -4.54. The second-order valence-corrected chi connectivity index (χ2v) is 13.9. The number of nitrogens with zero attached hydrogens (tertiary/aromatic N) is 5. The van der Waals surface area contributed by atoms with E-state index in [-0.39, 0.29) is 22.6 Å². The van der Waals surface area contributed by atoms with Crippen molar-refractivity contribution in [3.63, 3.8) is 0 Å². The lowest BCUT2D eigenvalue weighted by molar-refractivity contribution is -0.138. The van der Waals surface area contributed by atoms with Gasteiger partial charge in [-0.3, -0.25) is 4.90 Å². The van der Waals surface area contributed by atoms with Crippen LogP contribution >= 0.6 is 22.9 Å². The molecule has 2 aromatic heterocycles. The zero-order valence-electron chi connectivity index (χ0n) is 25.8. The third-order valence-corrected chi connectivity index (χ3v) is 10.6. The molecule has 2 unspecified atom stereocenters. The van der Waals surface area contributed by atoms with Crippen LogP contribution in [0.15, 0.2) is 54.6 Å². The summed E-state index contributed by atoms with van der Waals surface area (Å²) in [6.07, 6.45) is -1.73. The first-order chi connectivity index (χ1) is 23.0. The Morgan fingerprint density at radius 1 is 1.02 bits per heavy atom. The standard InChI is InChI=1S/C34H30ClF4N5O3S/c1-33(24-7-6-21(35)16-25(24)36)46-28-4-2-3-23(30(28)47-33)19-9-12-43(13-10-19)18-29-40-26-15-20(31-41-42-32(48-31)34(37,38)39)5-8-27(26)44(29)17-22-11-14-45-22/h2-8,15-16,19,22H,9-14,17-18H2,1H3. The molecule has 8 rings (SSSR count). The van der Waals surface area contributed by atoms with Crippen LogP contribution in [0.1, 0.15) is 54.1 Å². The molecule has 5 heterocycles. The molecule has 2 atom stereocenters. The van der Waals surface area contributed by atoms with E-state index < -0.39 is 22.8 Å². The largest absolute Gasteiger partial charge is 0.445 e. The maximum absolute atomic E-state index is 14.9. The highest BCUT2D eigenvalue weighted by Crippen LogP contribution is 2.50. The van der Waals surface area contributed by atoms with Crippen LogP contribution in [0, 0.1) is 5.82 Å². The smallest absolute Gasteiger partial charge is 0.444 e. The Hall–Kier alpha value is -3.78. The van der Waals surface area contributed by atoms with Crippen molar-refractivity contribution in [1.29, 1.82) is 0 Å². The number of piperidine rings is 1. The first-order valence-corrected chi connectivity index (χ1v) is 16.9. The van der Waals surface area contributed by atoms with E-state index in [4.69, 9.17) is 30.8 Å². The van der Waals surface area contributed by atoms with Crippen molar-refractivity contribution >= 4 is 34.0 Å². The van der Waals surface area contributed by atoms with Crippen LogP contribution in [0.2, 0.25) is 5.02 Å². The number of imidazole rings is 1. The van der Waals surface area contributed by atoms with Gasteiger partial charge in [-0.2, -0.15) is 13.2 Å². The molecular formula is C34H30ClF4N5O3S. The van der Waals surface area contributed by atoms with Crippen LogP contribution in [0.5, 0.6) is 11.5 Å². The fourth-order valence-corrected chi connectivity index (χ4v) is 7.63. The van der Waals surface area contributed by atoms with Crippen molar-refractivity contribution in [3.8, 4) is 22.1 Å². The van der Waals surface area contributed by atoms with Crippen LogP contribution in [-0.2, 0) is 29.8 Å². The van der Waals surface area contributed by atoms with Gasteiger partial charge >= 0.3 is 6.18 Å². The van der Waals surface area contributed by atoms with Gasteiger partial charge in [-0.05, 0) is 80.7 Å². The summed E-state index contributed by atoms with van der Waals surface area (Å²) >= 11 is 6.50. The van der Waals surface area contributed by atoms with Gasteiger partial charge < -0.3 is 18.8 Å². The lowest BCUT2D eigenvalue weighted by atomic mass is 9.88. The first kappa shape index (κ1) is 31.5. The number of alkyl halides is 3. The molecule has 3 aromatic carbocycles. The van der Waals surface area contributed by atoms with E-state index in [0.717, 1.165) is 55.9 Å². The Kier molecular flexibility index (Phi) is 7.85. The molecule has 2 fully saturated rings. The number of benzene rings is 3. The Labute approximate surface area is 282 Å². The molecule has 3 aliphatic heterocycles. The van der Waals surface area contributed by atoms with E-state index in [9.17, 15) is 17.6 Å². The zero-order chi connectivity index (χ0) is 33.2. The van der Waals surface area contributed by atoms with Gasteiger partial charge in [-0.25, -0.2) is 9.37 Å². The molecule has 0 N–H and O–H groups in total. The molecule has 0 bridgehead atoms. The quantitative estimate of drug-likeness (QED) is 0.159. The first-order valence-electron chi connectivity index (χ1n) is 15.7. The van der Waals surface area contributed by atoms with E-state index >= 15 is 0 Å². The number of fused-ring (bicyclic) bond motifs is 2. The minimum absolute atomic E-state index is 0.0958. The third kappa shape index (κ3) is 5.80. The molecule has 14 heteroatoms. The van der Waals surface area contributed by atoms with Gasteiger partial charge in [0.1, 0.15) is 16.6 Å². The lowest BCUT2D eigenvalue weighted by Gasteiger charge is -2.33. The van der Waals surface area contributed by atoms with Gasteiger partial charge in [0.05, 0.1) is 35.8 Å². The molecule has 2 saturated heterocycles. The second kappa shape index (κ2) is 12.0. The fraction of sp³-hybridized carbons (Fsp3) is 0.382. The molecular weight excluding hydrogens is 670 g/mol. The monoisotopic (exact) mass is 699 g/mol. The van der Waals surface area contributed by atoms with E-state index in [1.807, 2.05) is 18.2 Å². The van der Waals surface area contributed by atoms with Gasteiger partial charge in [0, 0.05) is 29.7 Å². The maximum atomic E-state index is 14.9. The second-order valence-electron chi connectivity index (χ2n) is 12.5. The van der Waals surface area contributed by atoms with Gasteiger partial charge in [-0.15, -0.1) is 10.2 Å². The molecule has 0 saturated carbocycles. The summed E-state index contributed by atoms with van der Waals surface area (Å²) < 4.78 is 74.8.